The number of nitro groups is 1. The molecule has 1 unspecified atom stereocenters. The first-order chi connectivity index (χ1) is 9.87. The SMILES string of the molecule is Cc1cccc([N+](=O)[O-])c1S(=O)(=O)N1CCCC(CN)C1. The van der Waals surface area contributed by atoms with Crippen LogP contribution in [0.5, 0.6) is 0 Å². The smallest absolute Gasteiger partial charge is 0.289 e. The van der Waals surface area contributed by atoms with E-state index in [1.807, 2.05) is 0 Å². The van der Waals surface area contributed by atoms with Crippen LogP contribution in [0.2, 0.25) is 0 Å². The predicted octanol–water partition coefficient (Wildman–Crippen LogP) is 1.26. The van der Waals surface area contributed by atoms with Crippen LogP contribution in [-0.4, -0.2) is 37.3 Å². The Balaban J connectivity index is 2.47. The maximum atomic E-state index is 12.8. The lowest BCUT2D eigenvalue weighted by Crippen LogP contribution is -2.42. The van der Waals surface area contributed by atoms with Gasteiger partial charge in [0.1, 0.15) is 0 Å². The molecule has 1 saturated heterocycles. The number of aryl methyl sites for hydroxylation is 1. The lowest BCUT2D eigenvalue weighted by molar-refractivity contribution is -0.387. The number of nitrogens with two attached hydrogens (primary N) is 1. The minimum Gasteiger partial charge on any atom is -0.330 e. The van der Waals surface area contributed by atoms with Gasteiger partial charge in [0.05, 0.1) is 4.92 Å². The van der Waals surface area contributed by atoms with Crippen molar-refractivity contribution in [2.24, 2.45) is 11.7 Å². The Kier molecular flexibility index (Phi) is 4.60. The summed E-state index contributed by atoms with van der Waals surface area (Å²) in [5, 5.41) is 11.1. The van der Waals surface area contributed by atoms with E-state index in [-0.39, 0.29) is 16.5 Å². The van der Waals surface area contributed by atoms with E-state index < -0.39 is 14.9 Å². The van der Waals surface area contributed by atoms with E-state index in [1.165, 1.54) is 16.4 Å². The first kappa shape index (κ1) is 15.9. The molecule has 0 aliphatic carbocycles. The molecule has 2 rings (SSSR count). The van der Waals surface area contributed by atoms with Gasteiger partial charge in [0.15, 0.2) is 4.90 Å². The molecule has 7 nitrogen and oxygen atoms in total. The second-order valence-electron chi connectivity index (χ2n) is 5.29. The zero-order valence-electron chi connectivity index (χ0n) is 11.9. The predicted molar refractivity (Wildman–Crippen MR) is 78.4 cm³/mol. The Morgan fingerprint density at radius 3 is 2.81 bits per heavy atom. The van der Waals surface area contributed by atoms with Crippen LogP contribution in [0, 0.1) is 23.0 Å². The van der Waals surface area contributed by atoms with Crippen LogP contribution in [0.1, 0.15) is 18.4 Å². The van der Waals surface area contributed by atoms with Crippen molar-refractivity contribution in [3.8, 4) is 0 Å². The molecule has 1 heterocycles. The van der Waals surface area contributed by atoms with Gasteiger partial charge in [0.2, 0.25) is 10.0 Å². The fraction of sp³-hybridized carbons (Fsp3) is 0.538. The van der Waals surface area contributed by atoms with Crippen LogP contribution in [0.15, 0.2) is 23.1 Å². The van der Waals surface area contributed by atoms with E-state index in [4.69, 9.17) is 5.73 Å². The number of rotatable bonds is 4. The van der Waals surface area contributed by atoms with Gasteiger partial charge in [-0.15, -0.1) is 0 Å². The van der Waals surface area contributed by atoms with Crippen molar-refractivity contribution in [2.45, 2.75) is 24.7 Å². The van der Waals surface area contributed by atoms with Crippen LogP contribution < -0.4 is 5.73 Å². The molecular formula is C13H19N3O4S. The quantitative estimate of drug-likeness (QED) is 0.665. The van der Waals surface area contributed by atoms with Crippen molar-refractivity contribution in [2.75, 3.05) is 19.6 Å². The summed E-state index contributed by atoms with van der Waals surface area (Å²) in [5.74, 6) is 0.108. The zero-order chi connectivity index (χ0) is 15.6. The molecule has 0 saturated carbocycles. The lowest BCUT2D eigenvalue weighted by Gasteiger charge is -2.31. The molecule has 1 aliphatic heterocycles. The Labute approximate surface area is 123 Å². The summed E-state index contributed by atoms with van der Waals surface area (Å²) in [6, 6.07) is 4.29. The third-order valence-corrected chi connectivity index (χ3v) is 5.86. The van der Waals surface area contributed by atoms with Crippen molar-refractivity contribution in [3.05, 3.63) is 33.9 Å². The van der Waals surface area contributed by atoms with E-state index in [2.05, 4.69) is 0 Å². The Bertz CT molecular complexity index is 645. The van der Waals surface area contributed by atoms with Crippen LogP contribution in [0.25, 0.3) is 0 Å². The summed E-state index contributed by atoms with van der Waals surface area (Å²) in [7, 11) is -3.88. The summed E-state index contributed by atoms with van der Waals surface area (Å²) in [6.45, 7) is 2.70. The van der Waals surface area contributed by atoms with Gasteiger partial charge in [-0.1, -0.05) is 12.1 Å². The van der Waals surface area contributed by atoms with Gasteiger partial charge in [-0.05, 0) is 37.8 Å². The number of sulfonamides is 1. The molecule has 116 valence electrons. The highest BCUT2D eigenvalue weighted by Gasteiger charge is 2.35. The van der Waals surface area contributed by atoms with Gasteiger partial charge in [-0.25, -0.2) is 8.42 Å². The minimum absolute atomic E-state index is 0.108. The van der Waals surface area contributed by atoms with Crippen LogP contribution in [0.4, 0.5) is 5.69 Å². The topological polar surface area (TPSA) is 107 Å². The van der Waals surface area contributed by atoms with Gasteiger partial charge in [0.25, 0.3) is 5.69 Å². The average Bonchev–Trinajstić information content (AvgIpc) is 2.46. The van der Waals surface area contributed by atoms with E-state index in [1.54, 1.807) is 13.0 Å². The number of hydrogen-bond donors (Lipinski definition) is 1. The molecule has 21 heavy (non-hydrogen) atoms. The molecule has 0 bridgehead atoms. The van der Waals surface area contributed by atoms with Crippen LogP contribution in [-0.2, 0) is 10.0 Å². The van der Waals surface area contributed by atoms with Gasteiger partial charge < -0.3 is 5.73 Å². The standard InChI is InChI=1S/C13H19N3O4S/c1-10-4-2-6-12(16(17)18)13(10)21(19,20)15-7-3-5-11(8-14)9-15/h2,4,6,11H,3,5,7-9,14H2,1H3. The Hall–Kier alpha value is -1.51. The maximum Gasteiger partial charge on any atom is 0.289 e. The van der Waals surface area contributed by atoms with Crippen LogP contribution in [0.3, 0.4) is 0 Å². The first-order valence-electron chi connectivity index (χ1n) is 6.82. The molecule has 1 aliphatic rings. The molecule has 0 radical (unpaired) electrons. The van der Waals surface area contributed by atoms with Gasteiger partial charge >= 0.3 is 0 Å². The van der Waals surface area contributed by atoms with E-state index in [0.717, 1.165) is 12.8 Å². The zero-order valence-corrected chi connectivity index (χ0v) is 12.7. The van der Waals surface area contributed by atoms with E-state index >= 15 is 0 Å². The van der Waals surface area contributed by atoms with Crippen molar-refractivity contribution >= 4 is 15.7 Å². The fourth-order valence-electron chi connectivity index (χ4n) is 2.68. The Morgan fingerprint density at radius 1 is 1.48 bits per heavy atom. The monoisotopic (exact) mass is 313 g/mol. The molecule has 1 aromatic carbocycles. The first-order valence-corrected chi connectivity index (χ1v) is 8.26. The largest absolute Gasteiger partial charge is 0.330 e. The third kappa shape index (κ3) is 3.07. The summed E-state index contributed by atoms with van der Waals surface area (Å²) in [4.78, 5) is 10.3. The third-order valence-electron chi connectivity index (χ3n) is 3.80. The van der Waals surface area contributed by atoms with E-state index in [0.29, 0.717) is 25.2 Å². The molecule has 2 N–H and O–H groups in total. The van der Waals surface area contributed by atoms with Crippen molar-refractivity contribution in [3.63, 3.8) is 0 Å². The highest BCUT2D eigenvalue weighted by Crippen LogP contribution is 2.31. The second kappa shape index (κ2) is 6.08. The van der Waals surface area contributed by atoms with Crippen LogP contribution >= 0.6 is 0 Å². The number of benzene rings is 1. The van der Waals surface area contributed by atoms with Gasteiger partial charge in [-0.2, -0.15) is 4.31 Å². The number of nitro benzene ring substituents is 1. The second-order valence-corrected chi connectivity index (χ2v) is 7.16. The summed E-state index contributed by atoms with van der Waals surface area (Å²) in [6.07, 6.45) is 1.61. The van der Waals surface area contributed by atoms with E-state index in [9.17, 15) is 18.5 Å². The summed E-state index contributed by atoms with van der Waals surface area (Å²) >= 11 is 0. The molecular weight excluding hydrogens is 294 g/mol. The number of piperidine rings is 1. The lowest BCUT2D eigenvalue weighted by atomic mass is 10.0. The molecule has 1 aromatic rings. The van der Waals surface area contributed by atoms with Gasteiger partial charge in [0, 0.05) is 19.2 Å². The molecule has 0 amide bonds. The number of nitrogens with zero attached hydrogens (tertiary/aromatic N) is 2. The molecule has 0 spiro atoms. The highest BCUT2D eigenvalue weighted by molar-refractivity contribution is 7.89. The normalized spacial score (nSPS) is 20.4. The number of hydrogen-bond acceptors (Lipinski definition) is 5. The van der Waals surface area contributed by atoms with Gasteiger partial charge in [-0.3, -0.25) is 10.1 Å². The fourth-order valence-corrected chi connectivity index (χ4v) is 4.60. The van der Waals surface area contributed by atoms with Crippen molar-refractivity contribution in [1.82, 2.24) is 4.31 Å². The van der Waals surface area contributed by atoms with Crippen molar-refractivity contribution < 1.29 is 13.3 Å². The minimum atomic E-state index is -3.88. The molecule has 0 aromatic heterocycles. The average molecular weight is 313 g/mol. The molecule has 1 fully saturated rings. The molecule has 1 atom stereocenters. The van der Waals surface area contributed by atoms with Crippen molar-refractivity contribution in [1.29, 1.82) is 0 Å². The Morgan fingerprint density at radius 2 is 2.19 bits per heavy atom. The maximum absolute atomic E-state index is 12.8. The highest BCUT2D eigenvalue weighted by atomic mass is 32.2. The summed E-state index contributed by atoms with van der Waals surface area (Å²) in [5.41, 5.74) is 5.64. The molecule has 8 heteroatoms. The summed E-state index contributed by atoms with van der Waals surface area (Å²) < 4.78 is 26.9.